The highest BCUT2D eigenvalue weighted by Crippen LogP contribution is 2.39. The van der Waals surface area contributed by atoms with Crippen LogP contribution in [0.5, 0.6) is 5.75 Å². The first kappa shape index (κ1) is 23.2. The van der Waals surface area contributed by atoms with Gasteiger partial charge in [0.15, 0.2) is 0 Å². The van der Waals surface area contributed by atoms with Crippen LogP contribution >= 0.6 is 11.6 Å². The van der Waals surface area contributed by atoms with Crippen LogP contribution in [-0.4, -0.2) is 78.3 Å². The highest BCUT2D eigenvalue weighted by Gasteiger charge is 2.45. The van der Waals surface area contributed by atoms with Crippen molar-refractivity contribution < 1.29 is 24.5 Å². The van der Waals surface area contributed by atoms with Gasteiger partial charge in [0, 0.05) is 48.1 Å². The third-order valence-corrected chi connectivity index (χ3v) is 5.65. The van der Waals surface area contributed by atoms with Gasteiger partial charge in [-0.1, -0.05) is 11.6 Å². The van der Waals surface area contributed by atoms with E-state index in [-0.39, 0.29) is 0 Å². The summed E-state index contributed by atoms with van der Waals surface area (Å²) in [6, 6.07) is 8.40. The number of aliphatic carboxylic acids is 2. The molecule has 1 aliphatic heterocycles. The number of carboxylic acid groups (broad SMARTS) is 2. The van der Waals surface area contributed by atoms with Crippen molar-refractivity contribution in [3.05, 3.63) is 41.4 Å². The van der Waals surface area contributed by atoms with Gasteiger partial charge in [-0.25, -0.2) is 9.59 Å². The first-order chi connectivity index (χ1) is 13.7. The topological polar surface area (TPSA) is 90.3 Å². The predicted molar refractivity (Wildman–Crippen MR) is 111 cm³/mol. The lowest BCUT2D eigenvalue weighted by Gasteiger charge is -2.51. The van der Waals surface area contributed by atoms with E-state index in [4.69, 9.17) is 26.6 Å². The SMILES string of the molecule is CN1CC2CC[C@@H](N(C)C)C(C1)[C@@H]2Oc1ccc(Cl)cc1.O=C(O)/C=C/C(=O)O. The summed E-state index contributed by atoms with van der Waals surface area (Å²) in [6.45, 7) is 2.27. The Kier molecular flexibility index (Phi) is 8.49. The van der Waals surface area contributed by atoms with E-state index in [1.807, 2.05) is 24.3 Å². The zero-order valence-corrected chi connectivity index (χ0v) is 17.7. The number of piperidine rings is 1. The zero-order chi connectivity index (χ0) is 21.6. The minimum Gasteiger partial charge on any atom is -0.490 e. The Morgan fingerprint density at radius 1 is 1.10 bits per heavy atom. The fourth-order valence-corrected chi connectivity index (χ4v) is 4.35. The average molecular weight is 425 g/mol. The summed E-state index contributed by atoms with van der Waals surface area (Å²) in [5, 5.41) is 16.4. The molecule has 2 unspecified atom stereocenters. The van der Waals surface area contributed by atoms with Crippen molar-refractivity contribution in [3.63, 3.8) is 0 Å². The van der Waals surface area contributed by atoms with E-state index in [1.165, 1.54) is 12.8 Å². The molecule has 8 heteroatoms. The maximum absolute atomic E-state index is 9.55. The van der Waals surface area contributed by atoms with Crippen molar-refractivity contribution in [1.29, 1.82) is 0 Å². The predicted octanol–water partition coefficient (Wildman–Crippen LogP) is 2.70. The third kappa shape index (κ3) is 7.03. The molecule has 1 saturated heterocycles. The van der Waals surface area contributed by atoms with E-state index >= 15 is 0 Å². The monoisotopic (exact) mass is 424 g/mol. The van der Waals surface area contributed by atoms with Gasteiger partial charge in [0.1, 0.15) is 11.9 Å². The largest absolute Gasteiger partial charge is 0.490 e. The molecule has 4 atom stereocenters. The van der Waals surface area contributed by atoms with Gasteiger partial charge >= 0.3 is 11.9 Å². The summed E-state index contributed by atoms with van der Waals surface area (Å²) >= 11 is 5.97. The molecule has 0 radical (unpaired) electrons. The highest BCUT2D eigenvalue weighted by atomic mass is 35.5. The smallest absolute Gasteiger partial charge is 0.328 e. The Morgan fingerprint density at radius 2 is 1.69 bits per heavy atom. The number of benzene rings is 1. The summed E-state index contributed by atoms with van der Waals surface area (Å²) in [7, 11) is 6.62. The van der Waals surface area contributed by atoms with Gasteiger partial charge in [-0.2, -0.15) is 0 Å². The average Bonchev–Trinajstić information content (AvgIpc) is 2.63. The fourth-order valence-electron chi connectivity index (χ4n) is 4.22. The molecule has 0 spiro atoms. The minimum atomic E-state index is -1.26. The lowest BCUT2D eigenvalue weighted by atomic mass is 9.72. The van der Waals surface area contributed by atoms with E-state index in [2.05, 4.69) is 30.9 Å². The van der Waals surface area contributed by atoms with E-state index in [0.29, 0.717) is 36.1 Å². The molecule has 1 aromatic carbocycles. The molecule has 2 fully saturated rings. The number of likely N-dealkylation sites (tertiary alicyclic amines) is 1. The molecule has 160 valence electrons. The number of carboxylic acids is 2. The van der Waals surface area contributed by atoms with Crippen LogP contribution in [0.2, 0.25) is 5.02 Å². The van der Waals surface area contributed by atoms with Crippen LogP contribution in [0, 0.1) is 11.8 Å². The van der Waals surface area contributed by atoms with E-state index in [0.717, 1.165) is 23.9 Å². The van der Waals surface area contributed by atoms with Crippen LogP contribution in [-0.2, 0) is 9.59 Å². The van der Waals surface area contributed by atoms with Crippen LogP contribution in [0.1, 0.15) is 12.8 Å². The van der Waals surface area contributed by atoms with Gasteiger partial charge in [-0.15, -0.1) is 0 Å². The number of rotatable bonds is 5. The molecule has 29 heavy (non-hydrogen) atoms. The van der Waals surface area contributed by atoms with Crippen LogP contribution in [0.4, 0.5) is 0 Å². The normalized spacial score (nSPS) is 26.7. The standard InChI is InChI=1S/C17H25ClN2O.C4H4O4/c1-19(2)16-9-4-12-10-20(3)11-15(16)17(12)21-14-7-5-13(18)6-8-14;5-3(6)1-2-4(7)8/h5-8,12,15-17H,4,9-11H2,1-3H3;1-2H,(H,5,6)(H,7,8)/b;2-1+/t12?,15?,16-,17-;/m1./s1. The van der Waals surface area contributed by atoms with Crippen molar-refractivity contribution in [2.45, 2.75) is 25.0 Å². The number of hydrogen-bond acceptors (Lipinski definition) is 5. The van der Waals surface area contributed by atoms with Crippen molar-refractivity contribution in [2.75, 3.05) is 34.2 Å². The third-order valence-electron chi connectivity index (χ3n) is 5.40. The van der Waals surface area contributed by atoms with Gasteiger partial charge in [0.25, 0.3) is 0 Å². The molecule has 2 bridgehead atoms. The molecule has 1 aliphatic carbocycles. The number of carbonyl (C=O) groups is 2. The molecule has 0 amide bonds. The number of nitrogens with zero attached hydrogens (tertiary/aromatic N) is 2. The molecule has 7 nitrogen and oxygen atoms in total. The summed E-state index contributed by atoms with van der Waals surface area (Å²) in [4.78, 5) is 23.9. The molecule has 2 N–H and O–H groups in total. The summed E-state index contributed by atoms with van der Waals surface area (Å²) in [5.74, 6) is -0.350. The molecular weight excluding hydrogens is 396 g/mol. The number of ether oxygens (including phenoxy) is 1. The highest BCUT2D eigenvalue weighted by molar-refractivity contribution is 6.30. The van der Waals surface area contributed by atoms with Gasteiger partial charge in [-0.05, 0) is 58.3 Å². The Hall–Kier alpha value is -2.09. The Bertz CT molecular complexity index is 706. The molecule has 2 aliphatic rings. The zero-order valence-electron chi connectivity index (χ0n) is 17.0. The molecule has 0 aromatic heterocycles. The Balaban J connectivity index is 0.000000321. The first-order valence-corrected chi connectivity index (χ1v) is 9.96. The molecule has 1 aromatic rings. The lowest BCUT2D eigenvalue weighted by molar-refractivity contribution is -0.134. The van der Waals surface area contributed by atoms with Crippen molar-refractivity contribution in [2.24, 2.45) is 11.8 Å². The molecule has 3 rings (SSSR count). The fraction of sp³-hybridized carbons (Fsp3) is 0.524. The summed E-state index contributed by atoms with van der Waals surface area (Å²) < 4.78 is 6.39. The molecular formula is C21H29ClN2O5. The van der Waals surface area contributed by atoms with Crippen molar-refractivity contribution >= 4 is 23.5 Å². The first-order valence-electron chi connectivity index (χ1n) is 9.58. The second-order valence-electron chi connectivity index (χ2n) is 7.80. The lowest BCUT2D eigenvalue weighted by Crippen LogP contribution is -2.60. The van der Waals surface area contributed by atoms with Gasteiger partial charge in [0.2, 0.25) is 0 Å². The van der Waals surface area contributed by atoms with E-state index < -0.39 is 11.9 Å². The van der Waals surface area contributed by atoms with Crippen LogP contribution in [0.25, 0.3) is 0 Å². The second-order valence-corrected chi connectivity index (χ2v) is 8.24. The molecule has 1 heterocycles. The Labute approximate surface area is 176 Å². The van der Waals surface area contributed by atoms with Gasteiger partial charge in [-0.3, -0.25) is 0 Å². The molecule has 1 saturated carbocycles. The summed E-state index contributed by atoms with van der Waals surface area (Å²) in [6.07, 6.45) is 3.98. The van der Waals surface area contributed by atoms with Crippen LogP contribution in [0.3, 0.4) is 0 Å². The second kappa shape index (κ2) is 10.6. The van der Waals surface area contributed by atoms with Crippen LogP contribution in [0.15, 0.2) is 36.4 Å². The maximum atomic E-state index is 9.55. The van der Waals surface area contributed by atoms with E-state index in [9.17, 15) is 9.59 Å². The van der Waals surface area contributed by atoms with Gasteiger partial charge in [0.05, 0.1) is 0 Å². The maximum Gasteiger partial charge on any atom is 0.328 e. The van der Waals surface area contributed by atoms with Crippen molar-refractivity contribution in [3.8, 4) is 5.75 Å². The number of fused-ring (bicyclic) bond motifs is 2. The van der Waals surface area contributed by atoms with Gasteiger partial charge < -0.3 is 24.7 Å². The number of halogens is 1. The van der Waals surface area contributed by atoms with Crippen LogP contribution < -0.4 is 4.74 Å². The quantitative estimate of drug-likeness (QED) is 0.702. The van der Waals surface area contributed by atoms with E-state index in [1.54, 1.807) is 0 Å². The van der Waals surface area contributed by atoms with Crippen molar-refractivity contribution in [1.82, 2.24) is 9.80 Å². The Morgan fingerprint density at radius 3 is 2.21 bits per heavy atom. The number of hydrogen-bond donors (Lipinski definition) is 2. The minimum absolute atomic E-state index is 0.323. The summed E-state index contributed by atoms with van der Waals surface area (Å²) in [5.41, 5.74) is 0.